The lowest BCUT2D eigenvalue weighted by atomic mass is 10.2. The molecule has 0 saturated heterocycles. The molecule has 1 aromatic carbocycles. The molecule has 0 aliphatic heterocycles. The number of aromatic nitrogens is 2. The molecule has 2 aromatic rings. The maximum atomic E-state index is 5.92. The molecule has 4 nitrogen and oxygen atoms in total. The first-order valence-corrected chi connectivity index (χ1v) is 6.58. The van der Waals surface area contributed by atoms with Crippen LogP contribution in [0.2, 0.25) is 0 Å². The molecular formula is C15H21N3O. The standard InChI is InChI=1S/C15H21N3O/c1-12(2)18-11-17-9-14(18)10-19-15-7-5-4-6-13(15)8-16-3/h4-7,9,11-12,16H,8,10H2,1-3H3. The van der Waals surface area contributed by atoms with Gasteiger partial charge in [-0.3, -0.25) is 0 Å². The molecule has 0 atom stereocenters. The van der Waals surface area contributed by atoms with Crippen LogP contribution in [0.25, 0.3) is 0 Å². The predicted octanol–water partition coefficient (Wildman–Crippen LogP) is 2.76. The maximum Gasteiger partial charge on any atom is 0.130 e. The minimum absolute atomic E-state index is 0.397. The molecule has 2 rings (SSSR count). The Balaban J connectivity index is 2.08. The monoisotopic (exact) mass is 259 g/mol. The average molecular weight is 259 g/mol. The number of ether oxygens (including phenoxy) is 1. The van der Waals surface area contributed by atoms with Crippen molar-refractivity contribution in [2.24, 2.45) is 0 Å². The molecule has 1 aromatic heterocycles. The normalized spacial score (nSPS) is 10.9. The topological polar surface area (TPSA) is 39.1 Å². The molecule has 0 amide bonds. The molecule has 1 heterocycles. The molecule has 0 fully saturated rings. The van der Waals surface area contributed by atoms with Crippen molar-refractivity contribution in [1.29, 1.82) is 0 Å². The van der Waals surface area contributed by atoms with E-state index in [1.54, 1.807) is 0 Å². The number of para-hydroxylation sites is 1. The van der Waals surface area contributed by atoms with Gasteiger partial charge in [0.05, 0.1) is 18.2 Å². The molecule has 0 aliphatic rings. The van der Waals surface area contributed by atoms with Crippen LogP contribution in [-0.2, 0) is 13.2 Å². The highest BCUT2D eigenvalue weighted by atomic mass is 16.5. The highest BCUT2D eigenvalue weighted by Gasteiger charge is 2.07. The van der Waals surface area contributed by atoms with Crippen molar-refractivity contribution in [3.8, 4) is 5.75 Å². The fourth-order valence-corrected chi connectivity index (χ4v) is 2.04. The summed E-state index contributed by atoms with van der Waals surface area (Å²) >= 11 is 0. The van der Waals surface area contributed by atoms with Crippen LogP contribution in [0.4, 0.5) is 0 Å². The Morgan fingerprint density at radius 2 is 2.11 bits per heavy atom. The lowest BCUT2D eigenvalue weighted by Crippen LogP contribution is -2.10. The molecule has 0 spiro atoms. The van der Waals surface area contributed by atoms with Crippen molar-refractivity contribution in [3.63, 3.8) is 0 Å². The van der Waals surface area contributed by atoms with Crippen LogP contribution >= 0.6 is 0 Å². The lowest BCUT2D eigenvalue weighted by Gasteiger charge is -2.14. The van der Waals surface area contributed by atoms with Crippen molar-refractivity contribution >= 4 is 0 Å². The van der Waals surface area contributed by atoms with Gasteiger partial charge in [0.1, 0.15) is 12.4 Å². The SMILES string of the molecule is CNCc1ccccc1OCc1cncn1C(C)C. The van der Waals surface area contributed by atoms with E-state index in [9.17, 15) is 0 Å². The first-order valence-electron chi connectivity index (χ1n) is 6.58. The highest BCUT2D eigenvalue weighted by molar-refractivity contribution is 5.33. The zero-order valence-electron chi connectivity index (χ0n) is 11.8. The molecule has 0 saturated carbocycles. The van der Waals surface area contributed by atoms with Gasteiger partial charge in [0.2, 0.25) is 0 Å². The molecular weight excluding hydrogens is 238 g/mol. The summed E-state index contributed by atoms with van der Waals surface area (Å²) in [6.07, 6.45) is 3.71. The third kappa shape index (κ3) is 3.35. The Bertz CT molecular complexity index is 520. The van der Waals surface area contributed by atoms with E-state index in [4.69, 9.17) is 4.74 Å². The van der Waals surface area contributed by atoms with Gasteiger partial charge in [-0.05, 0) is 27.0 Å². The lowest BCUT2D eigenvalue weighted by molar-refractivity contribution is 0.288. The van der Waals surface area contributed by atoms with Gasteiger partial charge in [0.25, 0.3) is 0 Å². The molecule has 1 N–H and O–H groups in total. The van der Waals surface area contributed by atoms with Crippen molar-refractivity contribution in [2.45, 2.75) is 33.0 Å². The third-order valence-corrected chi connectivity index (χ3v) is 3.02. The Kier molecular flexibility index (Phi) is 4.58. The fourth-order valence-electron chi connectivity index (χ4n) is 2.04. The number of benzene rings is 1. The van der Waals surface area contributed by atoms with Crippen LogP contribution < -0.4 is 10.1 Å². The van der Waals surface area contributed by atoms with Crippen LogP contribution in [-0.4, -0.2) is 16.6 Å². The van der Waals surface area contributed by atoms with Crippen molar-refractivity contribution < 1.29 is 4.74 Å². The van der Waals surface area contributed by atoms with Gasteiger partial charge in [-0.1, -0.05) is 18.2 Å². The second kappa shape index (κ2) is 6.38. The van der Waals surface area contributed by atoms with Crippen molar-refractivity contribution in [2.75, 3.05) is 7.05 Å². The van der Waals surface area contributed by atoms with E-state index in [1.807, 2.05) is 37.8 Å². The first-order chi connectivity index (χ1) is 9.22. The molecule has 4 heteroatoms. The Hall–Kier alpha value is -1.81. The summed E-state index contributed by atoms with van der Waals surface area (Å²) in [5, 5.41) is 3.15. The molecule has 0 radical (unpaired) electrons. The van der Waals surface area contributed by atoms with E-state index in [0.717, 1.165) is 18.0 Å². The summed E-state index contributed by atoms with van der Waals surface area (Å²) in [6.45, 7) is 5.62. The van der Waals surface area contributed by atoms with Gasteiger partial charge in [-0.15, -0.1) is 0 Å². The van der Waals surface area contributed by atoms with E-state index >= 15 is 0 Å². The molecule has 102 valence electrons. The van der Waals surface area contributed by atoms with Crippen molar-refractivity contribution in [3.05, 3.63) is 48.0 Å². The summed E-state index contributed by atoms with van der Waals surface area (Å²) in [7, 11) is 1.94. The Labute approximate surface area is 114 Å². The summed E-state index contributed by atoms with van der Waals surface area (Å²) in [5.74, 6) is 0.924. The second-order valence-electron chi connectivity index (χ2n) is 4.81. The van der Waals surface area contributed by atoms with Gasteiger partial charge in [-0.2, -0.15) is 0 Å². The third-order valence-electron chi connectivity index (χ3n) is 3.02. The van der Waals surface area contributed by atoms with Crippen LogP contribution in [0.3, 0.4) is 0 Å². The van der Waals surface area contributed by atoms with E-state index in [2.05, 4.69) is 34.8 Å². The fraction of sp³-hybridized carbons (Fsp3) is 0.400. The molecule has 0 unspecified atom stereocenters. The Morgan fingerprint density at radius 1 is 1.32 bits per heavy atom. The minimum atomic E-state index is 0.397. The van der Waals surface area contributed by atoms with Crippen LogP contribution in [0.1, 0.15) is 31.1 Å². The maximum absolute atomic E-state index is 5.92. The predicted molar refractivity (Wildman–Crippen MR) is 76.1 cm³/mol. The molecule has 19 heavy (non-hydrogen) atoms. The highest BCUT2D eigenvalue weighted by Crippen LogP contribution is 2.19. The number of nitrogens with one attached hydrogen (secondary N) is 1. The van der Waals surface area contributed by atoms with Gasteiger partial charge in [-0.25, -0.2) is 4.98 Å². The van der Waals surface area contributed by atoms with Crippen LogP contribution in [0, 0.1) is 0 Å². The Morgan fingerprint density at radius 3 is 2.84 bits per heavy atom. The molecule has 0 bridgehead atoms. The van der Waals surface area contributed by atoms with Crippen molar-refractivity contribution in [1.82, 2.24) is 14.9 Å². The first kappa shape index (κ1) is 13.6. The zero-order valence-corrected chi connectivity index (χ0v) is 11.8. The quantitative estimate of drug-likeness (QED) is 0.867. The number of imidazole rings is 1. The second-order valence-corrected chi connectivity index (χ2v) is 4.81. The summed E-state index contributed by atoms with van der Waals surface area (Å²) in [6, 6.07) is 8.49. The van der Waals surface area contributed by atoms with E-state index in [0.29, 0.717) is 12.6 Å². The number of hydrogen-bond acceptors (Lipinski definition) is 3. The largest absolute Gasteiger partial charge is 0.487 e. The van der Waals surface area contributed by atoms with E-state index < -0.39 is 0 Å². The number of nitrogens with zero attached hydrogens (tertiary/aromatic N) is 2. The number of rotatable bonds is 6. The summed E-state index contributed by atoms with van der Waals surface area (Å²) in [4.78, 5) is 4.19. The van der Waals surface area contributed by atoms with Gasteiger partial charge < -0.3 is 14.6 Å². The molecule has 0 aliphatic carbocycles. The summed E-state index contributed by atoms with van der Waals surface area (Å²) in [5.41, 5.74) is 2.26. The summed E-state index contributed by atoms with van der Waals surface area (Å²) < 4.78 is 8.05. The van der Waals surface area contributed by atoms with Gasteiger partial charge in [0, 0.05) is 18.2 Å². The van der Waals surface area contributed by atoms with E-state index in [-0.39, 0.29) is 0 Å². The number of hydrogen-bond donors (Lipinski definition) is 1. The van der Waals surface area contributed by atoms with Crippen LogP contribution in [0.5, 0.6) is 5.75 Å². The smallest absolute Gasteiger partial charge is 0.130 e. The van der Waals surface area contributed by atoms with Gasteiger partial charge in [0.15, 0.2) is 0 Å². The van der Waals surface area contributed by atoms with Gasteiger partial charge >= 0.3 is 0 Å². The average Bonchev–Trinajstić information content (AvgIpc) is 2.86. The van der Waals surface area contributed by atoms with Crippen LogP contribution in [0.15, 0.2) is 36.8 Å². The van der Waals surface area contributed by atoms with E-state index in [1.165, 1.54) is 5.56 Å². The minimum Gasteiger partial charge on any atom is -0.487 e. The zero-order chi connectivity index (χ0) is 13.7.